The van der Waals surface area contributed by atoms with Crippen LogP contribution in [0, 0.1) is 10.1 Å². The highest BCUT2D eigenvalue weighted by Gasteiger charge is 2.16. The smallest absolute Gasteiger partial charge is 0.278 e. The number of nitrogens with one attached hydrogen (secondary N) is 1. The van der Waals surface area contributed by atoms with Crippen molar-refractivity contribution in [1.82, 2.24) is 4.98 Å². The molecule has 6 nitrogen and oxygen atoms in total. The lowest BCUT2D eigenvalue weighted by Gasteiger charge is -2.19. The van der Waals surface area contributed by atoms with Crippen LogP contribution in [0.1, 0.15) is 18.6 Å². The fourth-order valence-corrected chi connectivity index (χ4v) is 2.83. The van der Waals surface area contributed by atoms with E-state index in [-0.39, 0.29) is 16.7 Å². The van der Waals surface area contributed by atoms with Gasteiger partial charge in [0.05, 0.1) is 16.4 Å². The highest BCUT2D eigenvalue weighted by atomic mass is 16.6. The maximum absolute atomic E-state index is 11.2. The second kappa shape index (κ2) is 7.72. The lowest BCUT2D eigenvalue weighted by Crippen LogP contribution is -2.16. The van der Waals surface area contributed by atoms with E-state index in [9.17, 15) is 10.1 Å². The number of ether oxygens (including phenoxy) is 1. The molecule has 1 N–H and O–H groups in total. The van der Waals surface area contributed by atoms with Crippen molar-refractivity contribution in [3.8, 4) is 0 Å². The average Bonchev–Trinajstić information content (AvgIpc) is 2.65. The molecule has 0 saturated heterocycles. The predicted octanol–water partition coefficient (Wildman–Crippen LogP) is 4.33. The van der Waals surface area contributed by atoms with Crippen molar-refractivity contribution in [3.63, 3.8) is 0 Å². The number of fused-ring (bicyclic) bond motifs is 1. The first-order chi connectivity index (χ1) is 12.2. The number of hydrogen-bond donors (Lipinski definition) is 1. The Kier molecular flexibility index (Phi) is 5.20. The molecule has 0 radical (unpaired) electrons. The van der Waals surface area contributed by atoms with Crippen molar-refractivity contribution in [2.24, 2.45) is 0 Å². The van der Waals surface area contributed by atoms with Crippen molar-refractivity contribution in [2.45, 2.75) is 13.0 Å². The summed E-state index contributed by atoms with van der Waals surface area (Å²) in [5.74, 6) is 0. The van der Waals surface area contributed by atoms with Gasteiger partial charge in [-0.3, -0.25) is 15.1 Å². The standard InChI is InChI=1S/C19H19N3O3/c1-2-25-19(14-6-4-3-5-7-14)13-21-17-8-9-18(22(23)24)16-12-20-11-10-15(16)17/h3-12,19,21H,2,13H2,1H3. The Morgan fingerprint density at radius 1 is 1.16 bits per heavy atom. The van der Waals surface area contributed by atoms with Gasteiger partial charge in [-0.2, -0.15) is 0 Å². The molecule has 0 fully saturated rings. The Hall–Kier alpha value is -2.99. The molecule has 1 unspecified atom stereocenters. The summed E-state index contributed by atoms with van der Waals surface area (Å²) in [5, 5.41) is 15.9. The maximum Gasteiger partial charge on any atom is 0.278 e. The molecule has 0 aliphatic carbocycles. The number of rotatable bonds is 7. The van der Waals surface area contributed by atoms with E-state index < -0.39 is 0 Å². The number of hydrogen-bond acceptors (Lipinski definition) is 5. The second-order valence-electron chi connectivity index (χ2n) is 5.55. The molecular formula is C19H19N3O3. The minimum atomic E-state index is -0.388. The van der Waals surface area contributed by atoms with Crippen molar-refractivity contribution in [2.75, 3.05) is 18.5 Å². The largest absolute Gasteiger partial charge is 0.382 e. The van der Waals surface area contributed by atoms with Gasteiger partial charge < -0.3 is 10.1 Å². The number of nitro groups is 1. The van der Waals surface area contributed by atoms with Crippen LogP contribution in [0.2, 0.25) is 0 Å². The molecular weight excluding hydrogens is 318 g/mol. The molecule has 0 aliphatic rings. The van der Waals surface area contributed by atoms with Gasteiger partial charge in [-0.05, 0) is 24.6 Å². The molecule has 0 aliphatic heterocycles. The number of pyridine rings is 1. The minimum absolute atomic E-state index is 0.0538. The number of benzene rings is 2. The molecule has 3 rings (SSSR count). The lowest BCUT2D eigenvalue weighted by atomic mass is 10.1. The van der Waals surface area contributed by atoms with Crippen LogP contribution in [-0.4, -0.2) is 23.1 Å². The van der Waals surface area contributed by atoms with Crippen LogP contribution in [0.5, 0.6) is 0 Å². The number of nitro benzene ring substituents is 1. The lowest BCUT2D eigenvalue weighted by molar-refractivity contribution is -0.383. The zero-order valence-corrected chi connectivity index (χ0v) is 13.9. The molecule has 1 atom stereocenters. The Morgan fingerprint density at radius 3 is 2.68 bits per heavy atom. The normalized spacial score (nSPS) is 12.0. The summed E-state index contributed by atoms with van der Waals surface area (Å²) >= 11 is 0. The molecule has 1 heterocycles. The molecule has 0 bridgehead atoms. The average molecular weight is 337 g/mol. The zero-order valence-electron chi connectivity index (χ0n) is 13.9. The summed E-state index contributed by atoms with van der Waals surface area (Å²) < 4.78 is 5.84. The maximum atomic E-state index is 11.2. The van der Waals surface area contributed by atoms with E-state index in [2.05, 4.69) is 10.3 Å². The minimum Gasteiger partial charge on any atom is -0.382 e. The summed E-state index contributed by atoms with van der Waals surface area (Å²) in [6.45, 7) is 3.13. The van der Waals surface area contributed by atoms with E-state index in [0.29, 0.717) is 18.5 Å². The molecule has 128 valence electrons. The van der Waals surface area contributed by atoms with Crippen molar-refractivity contribution < 1.29 is 9.66 Å². The van der Waals surface area contributed by atoms with Crippen LogP contribution >= 0.6 is 0 Å². The van der Waals surface area contributed by atoms with Crippen LogP contribution in [0.15, 0.2) is 60.9 Å². The number of aromatic nitrogens is 1. The van der Waals surface area contributed by atoms with E-state index in [4.69, 9.17) is 4.74 Å². The molecule has 3 aromatic rings. The second-order valence-corrected chi connectivity index (χ2v) is 5.55. The van der Waals surface area contributed by atoms with Gasteiger partial charge in [-0.25, -0.2) is 0 Å². The third-order valence-electron chi connectivity index (χ3n) is 4.01. The van der Waals surface area contributed by atoms with E-state index in [1.54, 1.807) is 18.3 Å². The van der Waals surface area contributed by atoms with Gasteiger partial charge >= 0.3 is 0 Å². The third-order valence-corrected chi connectivity index (χ3v) is 4.01. The van der Waals surface area contributed by atoms with Crippen LogP contribution in [0.3, 0.4) is 0 Å². The summed E-state index contributed by atoms with van der Waals surface area (Å²) in [4.78, 5) is 14.8. The number of anilines is 1. The zero-order chi connectivity index (χ0) is 17.6. The van der Waals surface area contributed by atoms with E-state index >= 15 is 0 Å². The van der Waals surface area contributed by atoms with Gasteiger partial charge in [0, 0.05) is 42.7 Å². The fourth-order valence-electron chi connectivity index (χ4n) is 2.83. The molecule has 6 heteroatoms. The quantitative estimate of drug-likeness (QED) is 0.513. The Morgan fingerprint density at radius 2 is 1.96 bits per heavy atom. The Balaban J connectivity index is 1.87. The van der Waals surface area contributed by atoms with Gasteiger partial charge in [-0.15, -0.1) is 0 Å². The van der Waals surface area contributed by atoms with Crippen molar-refractivity contribution in [3.05, 3.63) is 76.6 Å². The van der Waals surface area contributed by atoms with Gasteiger partial charge in [-0.1, -0.05) is 30.3 Å². The summed E-state index contributed by atoms with van der Waals surface area (Å²) in [7, 11) is 0. The summed E-state index contributed by atoms with van der Waals surface area (Å²) in [5.41, 5.74) is 1.96. The van der Waals surface area contributed by atoms with Crippen LogP contribution in [0.4, 0.5) is 11.4 Å². The first kappa shape index (κ1) is 16.9. The number of nitrogens with zero attached hydrogens (tertiary/aromatic N) is 2. The SMILES string of the molecule is CCOC(CNc1ccc([N+](=O)[O-])c2cnccc12)c1ccccc1. The summed E-state index contributed by atoms with van der Waals surface area (Å²) in [6.07, 6.45) is 3.06. The first-order valence-electron chi connectivity index (χ1n) is 8.12. The molecule has 2 aromatic carbocycles. The highest BCUT2D eigenvalue weighted by Crippen LogP contribution is 2.31. The van der Waals surface area contributed by atoms with E-state index in [1.807, 2.05) is 37.3 Å². The molecule has 0 amide bonds. The van der Waals surface area contributed by atoms with E-state index in [0.717, 1.165) is 16.6 Å². The predicted molar refractivity (Wildman–Crippen MR) is 97.7 cm³/mol. The monoisotopic (exact) mass is 337 g/mol. The van der Waals surface area contributed by atoms with Crippen LogP contribution in [-0.2, 0) is 4.74 Å². The topological polar surface area (TPSA) is 77.3 Å². The molecule has 0 spiro atoms. The van der Waals surface area contributed by atoms with E-state index in [1.165, 1.54) is 12.3 Å². The van der Waals surface area contributed by atoms with Crippen molar-refractivity contribution >= 4 is 22.1 Å². The molecule has 1 aromatic heterocycles. The van der Waals surface area contributed by atoms with Crippen molar-refractivity contribution in [1.29, 1.82) is 0 Å². The van der Waals surface area contributed by atoms with Crippen LogP contribution < -0.4 is 5.32 Å². The van der Waals surface area contributed by atoms with Gasteiger partial charge in [0.25, 0.3) is 5.69 Å². The Bertz CT molecular complexity index is 868. The number of non-ortho nitro benzene ring substituents is 1. The highest BCUT2D eigenvalue weighted by molar-refractivity contribution is 5.99. The van der Waals surface area contributed by atoms with Gasteiger partial charge in [0.1, 0.15) is 0 Å². The third kappa shape index (κ3) is 3.75. The van der Waals surface area contributed by atoms with Gasteiger partial charge in [0.2, 0.25) is 0 Å². The first-order valence-corrected chi connectivity index (χ1v) is 8.12. The molecule has 25 heavy (non-hydrogen) atoms. The fraction of sp³-hybridized carbons (Fsp3) is 0.211. The summed E-state index contributed by atoms with van der Waals surface area (Å²) in [6, 6.07) is 15.0. The molecule has 0 saturated carbocycles. The van der Waals surface area contributed by atoms with Gasteiger partial charge in [0.15, 0.2) is 0 Å². The Labute approximate surface area is 145 Å². The van der Waals surface area contributed by atoms with Crippen LogP contribution in [0.25, 0.3) is 10.8 Å².